The molecule has 22 heavy (non-hydrogen) atoms. The van der Waals surface area contributed by atoms with Crippen LogP contribution >= 0.6 is 11.3 Å². The molecule has 0 atom stereocenters. The van der Waals surface area contributed by atoms with E-state index in [1.165, 1.54) is 11.3 Å². The first kappa shape index (κ1) is 14.6. The summed E-state index contributed by atoms with van der Waals surface area (Å²) in [5.41, 5.74) is 4.05. The van der Waals surface area contributed by atoms with Gasteiger partial charge in [-0.15, -0.1) is 11.3 Å². The maximum atomic E-state index is 10.8. The van der Waals surface area contributed by atoms with Gasteiger partial charge in [-0.05, 0) is 37.1 Å². The molecule has 114 valence electrons. The van der Waals surface area contributed by atoms with Crippen LogP contribution in [0.2, 0.25) is 0 Å². The van der Waals surface area contributed by atoms with Crippen molar-refractivity contribution in [3.8, 4) is 17.0 Å². The highest BCUT2D eigenvalue weighted by Gasteiger charge is 2.12. The van der Waals surface area contributed by atoms with Crippen molar-refractivity contribution in [1.29, 1.82) is 0 Å². The first-order chi connectivity index (χ1) is 10.5. The van der Waals surface area contributed by atoms with E-state index in [9.17, 15) is 4.79 Å². The van der Waals surface area contributed by atoms with Crippen LogP contribution in [0.25, 0.3) is 16.2 Å². The molecule has 0 spiro atoms. The standard InChI is InChI=1S/C16H16N2O3S/c1-9-4-11(5-10(2)15(9)21-3)13-8-18-7-12(6-14(19)20)22-16(18)17-13/h4-5,7-8H,6H2,1-3H3,(H,19,20). The molecule has 6 heteroatoms. The largest absolute Gasteiger partial charge is 0.496 e. The molecular weight excluding hydrogens is 300 g/mol. The number of carboxylic acids is 1. The Balaban J connectivity index is 2.00. The number of benzene rings is 1. The fraction of sp³-hybridized carbons (Fsp3) is 0.250. The lowest BCUT2D eigenvalue weighted by Crippen LogP contribution is -1.97. The van der Waals surface area contributed by atoms with Crippen LogP contribution in [0.3, 0.4) is 0 Å². The molecule has 0 aliphatic carbocycles. The van der Waals surface area contributed by atoms with Crippen molar-refractivity contribution < 1.29 is 14.6 Å². The van der Waals surface area contributed by atoms with Crippen LogP contribution in [0.4, 0.5) is 0 Å². The summed E-state index contributed by atoms with van der Waals surface area (Å²) in [5, 5.41) is 8.84. The summed E-state index contributed by atoms with van der Waals surface area (Å²) < 4.78 is 7.27. The monoisotopic (exact) mass is 316 g/mol. The number of thiazole rings is 1. The minimum absolute atomic E-state index is 0.0319. The number of carboxylic acid groups (broad SMARTS) is 1. The lowest BCUT2D eigenvalue weighted by molar-refractivity contribution is -0.136. The molecule has 3 aromatic rings. The first-order valence-corrected chi connectivity index (χ1v) is 7.64. The molecule has 0 unspecified atom stereocenters. The number of hydrogen-bond donors (Lipinski definition) is 1. The third-order valence-corrected chi connectivity index (χ3v) is 4.49. The number of aromatic nitrogens is 2. The van der Waals surface area contributed by atoms with Crippen LogP contribution in [-0.2, 0) is 11.2 Å². The number of rotatable bonds is 4. The number of carbonyl (C=O) groups is 1. The summed E-state index contributed by atoms with van der Waals surface area (Å²) in [4.78, 5) is 17.0. The second kappa shape index (κ2) is 5.46. The summed E-state index contributed by atoms with van der Waals surface area (Å²) in [6.45, 7) is 4.03. The predicted molar refractivity (Wildman–Crippen MR) is 85.9 cm³/mol. The van der Waals surface area contributed by atoms with Gasteiger partial charge in [0.25, 0.3) is 0 Å². The number of aliphatic carboxylic acids is 1. The Hall–Kier alpha value is -2.34. The van der Waals surface area contributed by atoms with Crippen molar-refractivity contribution >= 4 is 22.3 Å². The SMILES string of the molecule is COc1c(C)cc(-c2cn3cc(CC(=O)O)sc3n2)cc1C. The normalized spacial score (nSPS) is 11.0. The van der Waals surface area contributed by atoms with Gasteiger partial charge in [0.05, 0.1) is 19.2 Å². The zero-order valence-corrected chi connectivity index (χ0v) is 13.4. The van der Waals surface area contributed by atoms with Crippen molar-refractivity contribution in [3.05, 3.63) is 40.5 Å². The third kappa shape index (κ3) is 2.57. The molecule has 0 bridgehead atoms. The van der Waals surface area contributed by atoms with E-state index < -0.39 is 5.97 Å². The Bertz CT molecular complexity index is 809. The number of hydrogen-bond acceptors (Lipinski definition) is 4. The summed E-state index contributed by atoms with van der Waals surface area (Å²) >= 11 is 1.40. The predicted octanol–water partition coefficient (Wildman–Crippen LogP) is 3.32. The zero-order chi connectivity index (χ0) is 15.9. The highest BCUT2D eigenvalue weighted by atomic mass is 32.1. The quantitative estimate of drug-likeness (QED) is 0.802. The van der Waals surface area contributed by atoms with E-state index in [2.05, 4.69) is 17.1 Å². The maximum absolute atomic E-state index is 10.8. The lowest BCUT2D eigenvalue weighted by Gasteiger charge is -2.10. The molecule has 2 aromatic heterocycles. The second-order valence-corrected chi connectivity index (χ2v) is 6.32. The number of nitrogens with zero attached hydrogens (tertiary/aromatic N) is 2. The van der Waals surface area contributed by atoms with E-state index in [1.54, 1.807) is 7.11 Å². The van der Waals surface area contributed by atoms with Crippen molar-refractivity contribution in [2.75, 3.05) is 7.11 Å². The summed E-state index contributed by atoms with van der Waals surface area (Å²) in [7, 11) is 1.67. The van der Waals surface area contributed by atoms with E-state index >= 15 is 0 Å². The Kier molecular flexibility index (Phi) is 3.62. The average Bonchev–Trinajstić information content (AvgIpc) is 2.95. The van der Waals surface area contributed by atoms with Crippen LogP contribution in [0.1, 0.15) is 16.0 Å². The second-order valence-electron chi connectivity index (χ2n) is 5.23. The van der Waals surface area contributed by atoms with E-state index in [0.717, 1.165) is 38.0 Å². The van der Waals surface area contributed by atoms with Gasteiger partial charge >= 0.3 is 5.97 Å². The Morgan fingerprint density at radius 1 is 1.32 bits per heavy atom. The van der Waals surface area contributed by atoms with Gasteiger partial charge in [0.2, 0.25) is 0 Å². The molecule has 2 heterocycles. The molecule has 0 fully saturated rings. The van der Waals surface area contributed by atoms with Crippen LogP contribution < -0.4 is 4.74 Å². The molecule has 1 N–H and O–H groups in total. The van der Waals surface area contributed by atoms with Crippen LogP contribution in [0.5, 0.6) is 5.75 Å². The molecule has 0 radical (unpaired) electrons. The van der Waals surface area contributed by atoms with E-state index in [0.29, 0.717) is 0 Å². The minimum atomic E-state index is -0.828. The minimum Gasteiger partial charge on any atom is -0.496 e. The summed E-state index contributed by atoms with van der Waals surface area (Å²) in [5.74, 6) is 0.0691. The number of imidazole rings is 1. The van der Waals surface area contributed by atoms with E-state index in [4.69, 9.17) is 9.84 Å². The van der Waals surface area contributed by atoms with Crippen molar-refractivity contribution in [3.63, 3.8) is 0 Å². The number of methoxy groups -OCH3 is 1. The topological polar surface area (TPSA) is 63.8 Å². The molecule has 0 saturated heterocycles. The maximum Gasteiger partial charge on any atom is 0.308 e. The van der Waals surface area contributed by atoms with Gasteiger partial charge in [0.1, 0.15) is 5.75 Å². The number of ether oxygens (including phenoxy) is 1. The van der Waals surface area contributed by atoms with Crippen molar-refractivity contribution in [2.45, 2.75) is 20.3 Å². The molecular formula is C16H16N2O3S. The fourth-order valence-corrected chi connectivity index (χ4v) is 3.58. The van der Waals surface area contributed by atoms with Crippen LogP contribution in [0.15, 0.2) is 24.5 Å². The van der Waals surface area contributed by atoms with Gasteiger partial charge in [-0.3, -0.25) is 9.20 Å². The van der Waals surface area contributed by atoms with E-state index in [1.807, 2.05) is 30.6 Å². The molecule has 0 amide bonds. The lowest BCUT2D eigenvalue weighted by atomic mass is 10.0. The zero-order valence-electron chi connectivity index (χ0n) is 12.6. The molecule has 0 aliphatic heterocycles. The molecule has 3 rings (SSSR count). The van der Waals surface area contributed by atoms with Crippen molar-refractivity contribution in [2.24, 2.45) is 0 Å². The van der Waals surface area contributed by atoms with Gasteiger partial charge in [-0.25, -0.2) is 4.98 Å². The Morgan fingerprint density at radius 3 is 2.55 bits per heavy atom. The Morgan fingerprint density at radius 2 is 2.00 bits per heavy atom. The third-order valence-electron chi connectivity index (χ3n) is 3.49. The summed E-state index contributed by atoms with van der Waals surface area (Å²) in [6, 6.07) is 4.10. The molecule has 0 aliphatic rings. The van der Waals surface area contributed by atoms with Gasteiger partial charge in [0, 0.05) is 22.8 Å². The van der Waals surface area contributed by atoms with Gasteiger partial charge < -0.3 is 9.84 Å². The van der Waals surface area contributed by atoms with Gasteiger partial charge in [-0.2, -0.15) is 0 Å². The van der Waals surface area contributed by atoms with Gasteiger partial charge in [-0.1, -0.05) is 0 Å². The number of aryl methyl sites for hydroxylation is 2. The molecule has 0 saturated carbocycles. The first-order valence-electron chi connectivity index (χ1n) is 6.82. The Labute approximate surface area is 131 Å². The van der Waals surface area contributed by atoms with Crippen LogP contribution in [0, 0.1) is 13.8 Å². The molecule has 1 aromatic carbocycles. The summed E-state index contributed by atoms with van der Waals surface area (Å²) in [6.07, 6.45) is 3.79. The highest BCUT2D eigenvalue weighted by Crippen LogP contribution is 2.30. The smallest absolute Gasteiger partial charge is 0.308 e. The van der Waals surface area contributed by atoms with E-state index in [-0.39, 0.29) is 6.42 Å². The van der Waals surface area contributed by atoms with Crippen LogP contribution in [-0.4, -0.2) is 27.6 Å². The molecule has 5 nitrogen and oxygen atoms in total. The number of fused-ring (bicyclic) bond motifs is 1. The van der Waals surface area contributed by atoms with Gasteiger partial charge in [0.15, 0.2) is 4.96 Å². The highest BCUT2D eigenvalue weighted by molar-refractivity contribution is 7.17. The fourth-order valence-electron chi connectivity index (χ4n) is 2.63. The van der Waals surface area contributed by atoms with Crippen molar-refractivity contribution in [1.82, 2.24) is 9.38 Å². The average molecular weight is 316 g/mol.